The van der Waals surface area contributed by atoms with Gasteiger partial charge in [0.2, 0.25) is 5.91 Å². The molecule has 0 unspecified atom stereocenters. The summed E-state index contributed by atoms with van der Waals surface area (Å²) in [6.45, 7) is 1.66. The lowest BCUT2D eigenvalue weighted by atomic mass is 10.0. The number of halogens is 1. The van der Waals surface area contributed by atoms with Gasteiger partial charge in [0.1, 0.15) is 23.9 Å². The lowest BCUT2D eigenvalue weighted by Crippen LogP contribution is -2.23. The van der Waals surface area contributed by atoms with Crippen molar-refractivity contribution in [2.45, 2.75) is 13.5 Å². The van der Waals surface area contributed by atoms with Crippen molar-refractivity contribution < 1.29 is 23.5 Å². The Morgan fingerprint density at radius 2 is 1.62 bits per heavy atom. The van der Waals surface area contributed by atoms with Crippen LogP contribution in [0.3, 0.4) is 0 Å². The van der Waals surface area contributed by atoms with Crippen LogP contribution in [-0.2, 0) is 11.4 Å². The molecule has 1 aromatic heterocycles. The summed E-state index contributed by atoms with van der Waals surface area (Å²) in [6, 6.07) is 19.4. The molecule has 0 saturated carbocycles. The lowest BCUT2D eigenvalue weighted by Gasteiger charge is -2.20. The topological polar surface area (TPSA) is 68.7 Å². The quantitative estimate of drug-likeness (QED) is 0.301. The van der Waals surface area contributed by atoms with Crippen LogP contribution < -0.4 is 14.4 Å². The summed E-state index contributed by atoms with van der Waals surface area (Å²) in [5.41, 5.74) is 2.16. The van der Waals surface area contributed by atoms with Crippen molar-refractivity contribution in [2.75, 3.05) is 12.0 Å². The highest BCUT2D eigenvalue weighted by Gasteiger charge is 2.21. The Kier molecular flexibility index (Phi) is 6.98. The van der Waals surface area contributed by atoms with E-state index in [-0.39, 0.29) is 24.1 Å². The SMILES string of the molecule is COc1ccccc1N(C(C)=O)c1nc(COc2ccc(C(=O)c3ccc(F)cc3)cc2)cs1. The predicted molar refractivity (Wildman–Crippen MR) is 129 cm³/mol. The summed E-state index contributed by atoms with van der Waals surface area (Å²) in [5.74, 6) is 0.364. The van der Waals surface area contributed by atoms with Gasteiger partial charge in [0.25, 0.3) is 0 Å². The smallest absolute Gasteiger partial charge is 0.230 e. The molecule has 0 saturated heterocycles. The molecule has 0 spiro atoms. The van der Waals surface area contributed by atoms with Gasteiger partial charge >= 0.3 is 0 Å². The number of ketones is 1. The number of carbonyl (C=O) groups is 2. The van der Waals surface area contributed by atoms with Crippen LogP contribution in [0.1, 0.15) is 28.5 Å². The van der Waals surface area contributed by atoms with Gasteiger partial charge in [-0.2, -0.15) is 0 Å². The van der Waals surface area contributed by atoms with Gasteiger partial charge in [0, 0.05) is 23.4 Å². The van der Waals surface area contributed by atoms with E-state index in [0.29, 0.717) is 39.1 Å². The van der Waals surface area contributed by atoms with E-state index in [9.17, 15) is 14.0 Å². The van der Waals surface area contributed by atoms with E-state index in [4.69, 9.17) is 9.47 Å². The molecule has 4 aromatic rings. The van der Waals surface area contributed by atoms with Gasteiger partial charge in [-0.25, -0.2) is 9.37 Å². The molecular weight excluding hydrogens is 455 g/mol. The number of carbonyl (C=O) groups excluding carboxylic acids is 2. The van der Waals surface area contributed by atoms with Gasteiger partial charge < -0.3 is 9.47 Å². The summed E-state index contributed by atoms with van der Waals surface area (Å²) >= 11 is 1.33. The predicted octanol–water partition coefficient (Wildman–Crippen LogP) is 5.79. The molecule has 0 aliphatic rings. The van der Waals surface area contributed by atoms with Gasteiger partial charge in [-0.15, -0.1) is 11.3 Å². The number of aromatic nitrogens is 1. The first-order valence-corrected chi connectivity index (χ1v) is 11.3. The Morgan fingerprint density at radius 1 is 0.971 bits per heavy atom. The molecule has 0 aliphatic carbocycles. The standard InChI is InChI=1S/C26H21FN2O4S/c1-17(30)29(23-5-3-4-6-24(23)32-2)26-28-21(16-34-26)15-33-22-13-9-19(10-14-22)25(31)18-7-11-20(27)12-8-18/h3-14,16H,15H2,1-2H3. The third-order valence-electron chi connectivity index (χ3n) is 4.98. The number of thiazole rings is 1. The van der Waals surface area contributed by atoms with Crippen LogP contribution in [0.2, 0.25) is 0 Å². The average molecular weight is 477 g/mol. The number of benzene rings is 3. The van der Waals surface area contributed by atoms with E-state index < -0.39 is 0 Å². The van der Waals surface area contributed by atoms with Crippen molar-refractivity contribution in [2.24, 2.45) is 0 Å². The number of hydrogen-bond acceptors (Lipinski definition) is 6. The normalized spacial score (nSPS) is 10.6. The molecule has 0 aliphatic heterocycles. The second kappa shape index (κ2) is 10.3. The zero-order chi connectivity index (χ0) is 24.1. The van der Waals surface area contributed by atoms with E-state index in [1.807, 2.05) is 17.5 Å². The number of anilines is 2. The van der Waals surface area contributed by atoms with Crippen molar-refractivity contribution in [3.05, 3.63) is 101 Å². The van der Waals surface area contributed by atoms with Crippen molar-refractivity contribution in [3.63, 3.8) is 0 Å². The van der Waals surface area contributed by atoms with Crippen LogP contribution in [0.25, 0.3) is 0 Å². The van der Waals surface area contributed by atoms with E-state index in [2.05, 4.69) is 4.98 Å². The summed E-state index contributed by atoms with van der Waals surface area (Å²) in [6.07, 6.45) is 0. The Labute approximate surface area is 200 Å². The largest absolute Gasteiger partial charge is 0.495 e. The van der Waals surface area contributed by atoms with E-state index in [1.54, 1.807) is 43.5 Å². The van der Waals surface area contributed by atoms with Crippen molar-refractivity contribution >= 4 is 33.8 Å². The van der Waals surface area contributed by atoms with Gasteiger partial charge in [-0.05, 0) is 60.7 Å². The molecule has 0 bridgehead atoms. The highest BCUT2D eigenvalue weighted by Crippen LogP contribution is 2.35. The molecule has 172 valence electrons. The van der Waals surface area contributed by atoms with Crippen LogP contribution in [-0.4, -0.2) is 23.8 Å². The third kappa shape index (κ3) is 5.13. The van der Waals surface area contributed by atoms with Gasteiger partial charge in [0.05, 0.1) is 18.5 Å². The number of ether oxygens (including phenoxy) is 2. The number of rotatable bonds is 8. The first-order valence-electron chi connectivity index (χ1n) is 10.4. The molecule has 0 N–H and O–H groups in total. The minimum atomic E-state index is -0.389. The fourth-order valence-corrected chi connectivity index (χ4v) is 4.18. The second-order valence-electron chi connectivity index (χ2n) is 7.30. The van der Waals surface area contributed by atoms with E-state index in [1.165, 1.54) is 47.4 Å². The Balaban J connectivity index is 1.44. The summed E-state index contributed by atoms with van der Waals surface area (Å²) in [7, 11) is 1.55. The van der Waals surface area contributed by atoms with Crippen LogP contribution in [0.15, 0.2) is 78.2 Å². The molecule has 1 heterocycles. The van der Waals surface area contributed by atoms with E-state index in [0.717, 1.165) is 0 Å². The molecule has 8 heteroatoms. The Hall–Kier alpha value is -4.04. The maximum Gasteiger partial charge on any atom is 0.230 e. The highest BCUT2D eigenvalue weighted by molar-refractivity contribution is 7.14. The minimum Gasteiger partial charge on any atom is -0.495 e. The van der Waals surface area contributed by atoms with E-state index >= 15 is 0 Å². The number of para-hydroxylation sites is 2. The number of hydrogen-bond donors (Lipinski definition) is 0. The monoisotopic (exact) mass is 476 g/mol. The number of nitrogens with zero attached hydrogens (tertiary/aromatic N) is 2. The molecule has 0 radical (unpaired) electrons. The highest BCUT2D eigenvalue weighted by atomic mass is 32.1. The zero-order valence-electron chi connectivity index (χ0n) is 18.5. The Morgan fingerprint density at radius 3 is 2.26 bits per heavy atom. The van der Waals surface area contributed by atoms with Crippen LogP contribution in [0, 0.1) is 5.82 Å². The molecule has 3 aromatic carbocycles. The zero-order valence-corrected chi connectivity index (χ0v) is 19.3. The van der Waals surface area contributed by atoms with Crippen LogP contribution in [0.4, 0.5) is 15.2 Å². The molecule has 4 rings (SSSR count). The van der Waals surface area contributed by atoms with Gasteiger partial charge in [-0.3, -0.25) is 14.5 Å². The first-order chi connectivity index (χ1) is 16.5. The maximum atomic E-state index is 13.1. The Bertz CT molecular complexity index is 1300. The molecule has 34 heavy (non-hydrogen) atoms. The summed E-state index contributed by atoms with van der Waals surface area (Å²) in [5, 5.41) is 2.34. The van der Waals surface area contributed by atoms with Gasteiger partial charge in [-0.1, -0.05) is 12.1 Å². The first kappa shape index (κ1) is 23.1. The second-order valence-corrected chi connectivity index (χ2v) is 8.13. The van der Waals surface area contributed by atoms with Crippen molar-refractivity contribution in [1.29, 1.82) is 0 Å². The lowest BCUT2D eigenvalue weighted by molar-refractivity contribution is -0.115. The van der Waals surface area contributed by atoms with Crippen molar-refractivity contribution in [3.8, 4) is 11.5 Å². The third-order valence-corrected chi connectivity index (χ3v) is 5.86. The fraction of sp³-hybridized carbons (Fsp3) is 0.115. The van der Waals surface area contributed by atoms with Crippen LogP contribution in [0.5, 0.6) is 11.5 Å². The molecule has 0 fully saturated rings. The maximum absolute atomic E-state index is 13.1. The van der Waals surface area contributed by atoms with Crippen LogP contribution >= 0.6 is 11.3 Å². The minimum absolute atomic E-state index is 0.187. The van der Waals surface area contributed by atoms with Gasteiger partial charge in [0.15, 0.2) is 10.9 Å². The van der Waals surface area contributed by atoms with Crippen molar-refractivity contribution in [1.82, 2.24) is 4.98 Å². The summed E-state index contributed by atoms with van der Waals surface area (Å²) < 4.78 is 24.3. The fourth-order valence-electron chi connectivity index (χ4n) is 3.31. The molecule has 0 atom stereocenters. The average Bonchev–Trinajstić information content (AvgIpc) is 3.31. The molecular formula is C26H21FN2O4S. The molecule has 6 nitrogen and oxygen atoms in total. The molecule has 1 amide bonds. The number of amides is 1. The summed E-state index contributed by atoms with van der Waals surface area (Å²) in [4.78, 5) is 30.9. The number of methoxy groups -OCH3 is 1.